The summed E-state index contributed by atoms with van der Waals surface area (Å²) >= 11 is 0. The lowest BCUT2D eigenvalue weighted by atomic mass is 10.0. The first kappa shape index (κ1) is 10.1. The predicted octanol–water partition coefficient (Wildman–Crippen LogP) is 1.96. The van der Waals surface area contributed by atoms with E-state index in [-0.39, 0.29) is 0 Å². The summed E-state index contributed by atoms with van der Waals surface area (Å²) in [4.78, 5) is 5.52. The molecule has 3 rings (SSSR count). The van der Waals surface area contributed by atoms with E-state index in [1.165, 1.54) is 71.2 Å². The van der Waals surface area contributed by atoms with E-state index in [9.17, 15) is 0 Å². The van der Waals surface area contributed by atoms with Crippen LogP contribution in [0.1, 0.15) is 38.5 Å². The molecule has 15 heavy (non-hydrogen) atoms. The summed E-state index contributed by atoms with van der Waals surface area (Å²) in [5.74, 6) is 1.07. The van der Waals surface area contributed by atoms with E-state index in [2.05, 4.69) is 9.80 Å². The lowest BCUT2D eigenvalue weighted by molar-refractivity contribution is 0.135. The van der Waals surface area contributed by atoms with Crippen LogP contribution in [0.15, 0.2) is 0 Å². The molecule has 1 saturated carbocycles. The molecule has 0 spiro atoms. The minimum absolute atomic E-state index is 0.903. The fourth-order valence-corrected chi connectivity index (χ4v) is 3.28. The number of hydrogen-bond acceptors (Lipinski definition) is 2. The van der Waals surface area contributed by atoms with Crippen LogP contribution in [0, 0.1) is 5.92 Å². The van der Waals surface area contributed by atoms with Crippen molar-refractivity contribution >= 4 is 0 Å². The van der Waals surface area contributed by atoms with Crippen molar-refractivity contribution < 1.29 is 0 Å². The van der Waals surface area contributed by atoms with Crippen LogP contribution in [-0.2, 0) is 0 Å². The molecule has 0 aromatic carbocycles. The van der Waals surface area contributed by atoms with E-state index in [1.807, 2.05) is 0 Å². The molecule has 2 heterocycles. The van der Waals surface area contributed by atoms with E-state index >= 15 is 0 Å². The first-order valence-electron chi connectivity index (χ1n) is 6.88. The minimum Gasteiger partial charge on any atom is -0.301 e. The molecule has 0 amide bonds. The van der Waals surface area contributed by atoms with Crippen molar-refractivity contribution in [3.63, 3.8) is 0 Å². The molecule has 2 aliphatic heterocycles. The minimum atomic E-state index is 0.903. The molecular formula is C13H24N2. The Morgan fingerprint density at radius 3 is 2.60 bits per heavy atom. The molecule has 3 aliphatic rings. The van der Waals surface area contributed by atoms with Crippen molar-refractivity contribution in [2.45, 2.75) is 44.6 Å². The Bertz CT molecular complexity index is 213. The Balaban J connectivity index is 1.57. The fraction of sp³-hybridized carbons (Fsp3) is 1.00. The van der Waals surface area contributed by atoms with Crippen molar-refractivity contribution in [3.05, 3.63) is 0 Å². The summed E-state index contributed by atoms with van der Waals surface area (Å²) in [6.07, 6.45) is 8.79. The van der Waals surface area contributed by atoms with Crippen LogP contribution >= 0.6 is 0 Å². The number of rotatable bonds is 2. The average molecular weight is 208 g/mol. The molecule has 0 N–H and O–H groups in total. The SMILES string of the molecule is C1CCN2CCCN(CC3CC3)CC2C1. The smallest absolute Gasteiger partial charge is 0.0223 e. The molecule has 1 unspecified atom stereocenters. The van der Waals surface area contributed by atoms with Crippen molar-refractivity contribution in [2.75, 3.05) is 32.7 Å². The van der Waals surface area contributed by atoms with Crippen LogP contribution in [0.3, 0.4) is 0 Å². The van der Waals surface area contributed by atoms with E-state index in [0.29, 0.717) is 0 Å². The van der Waals surface area contributed by atoms with Crippen LogP contribution in [-0.4, -0.2) is 48.6 Å². The quantitative estimate of drug-likeness (QED) is 0.684. The third-order valence-electron chi connectivity index (χ3n) is 4.35. The molecular weight excluding hydrogens is 184 g/mol. The maximum Gasteiger partial charge on any atom is 0.0223 e. The van der Waals surface area contributed by atoms with Gasteiger partial charge in [0.2, 0.25) is 0 Å². The third-order valence-corrected chi connectivity index (χ3v) is 4.35. The van der Waals surface area contributed by atoms with Gasteiger partial charge in [0.25, 0.3) is 0 Å². The van der Waals surface area contributed by atoms with Gasteiger partial charge in [-0.05, 0) is 57.7 Å². The Kier molecular flexibility index (Phi) is 2.98. The van der Waals surface area contributed by atoms with Gasteiger partial charge in [0, 0.05) is 19.1 Å². The third kappa shape index (κ3) is 2.54. The van der Waals surface area contributed by atoms with Gasteiger partial charge < -0.3 is 4.90 Å². The number of piperidine rings is 1. The molecule has 0 aromatic rings. The Morgan fingerprint density at radius 2 is 1.73 bits per heavy atom. The summed E-state index contributed by atoms with van der Waals surface area (Å²) in [6, 6.07) is 0.903. The van der Waals surface area contributed by atoms with E-state index in [4.69, 9.17) is 0 Å². The monoisotopic (exact) mass is 208 g/mol. The highest BCUT2D eigenvalue weighted by molar-refractivity contribution is 4.85. The van der Waals surface area contributed by atoms with Crippen LogP contribution in [0.4, 0.5) is 0 Å². The highest BCUT2D eigenvalue weighted by atomic mass is 15.2. The zero-order chi connectivity index (χ0) is 10.1. The lowest BCUT2D eigenvalue weighted by Crippen LogP contribution is -2.44. The van der Waals surface area contributed by atoms with Gasteiger partial charge in [-0.1, -0.05) is 6.42 Å². The zero-order valence-electron chi connectivity index (χ0n) is 9.83. The van der Waals surface area contributed by atoms with Gasteiger partial charge in [0.1, 0.15) is 0 Å². The molecule has 0 aromatic heterocycles. The van der Waals surface area contributed by atoms with Gasteiger partial charge in [-0.2, -0.15) is 0 Å². The Morgan fingerprint density at radius 1 is 0.867 bits per heavy atom. The summed E-state index contributed by atoms with van der Waals surface area (Å²) in [5, 5.41) is 0. The molecule has 0 bridgehead atoms. The van der Waals surface area contributed by atoms with E-state index in [0.717, 1.165) is 12.0 Å². The zero-order valence-corrected chi connectivity index (χ0v) is 9.83. The average Bonchev–Trinajstić information content (AvgIpc) is 3.04. The molecule has 2 nitrogen and oxygen atoms in total. The maximum atomic E-state index is 2.76. The summed E-state index contributed by atoms with van der Waals surface area (Å²) < 4.78 is 0. The second-order valence-corrected chi connectivity index (χ2v) is 5.74. The first-order valence-corrected chi connectivity index (χ1v) is 6.88. The molecule has 2 heteroatoms. The Hall–Kier alpha value is -0.0800. The summed E-state index contributed by atoms with van der Waals surface area (Å²) in [6.45, 7) is 6.89. The van der Waals surface area contributed by atoms with Crippen molar-refractivity contribution in [1.82, 2.24) is 9.80 Å². The summed E-state index contributed by atoms with van der Waals surface area (Å²) in [7, 11) is 0. The summed E-state index contributed by atoms with van der Waals surface area (Å²) in [5.41, 5.74) is 0. The maximum absolute atomic E-state index is 2.76. The van der Waals surface area contributed by atoms with Gasteiger partial charge in [0.05, 0.1) is 0 Å². The highest BCUT2D eigenvalue weighted by Crippen LogP contribution is 2.31. The highest BCUT2D eigenvalue weighted by Gasteiger charge is 2.30. The number of nitrogens with zero attached hydrogens (tertiary/aromatic N) is 2. The largest absolute Gasteiger partial charge is 0.301 e. The first-order chi connectivity index (χ1) is 7.42. The molecule has 1 aliphatic carbocycles. The molecule has 3 fully saturated rings. The molecule has 0 radical (unpaired) electrons. The molecule has 86 valence electrons. The van der Waals surface area contributed by atoms with Crippen molar-refractivity contribution in [3.8, 4) is 0 Å². The van der Waals surface area contributed by atoms with Gasteiger partial charge in [0.15, 0.2) is 0 Å². The van der Waals surface area contributed by atoms with E-state index < -0.39 is 0 Å². The van der Waals surface area contributed by atoms with Crippen LogP contribution in [0.5, 0.6) is 0 Å². The topological polar surface area (TPSA) is 6.48 Å². The molecule has 1 atom stereocenters. The lowest BCUT2D eigenvalue weighted by Gasteiger charge is -2.35. The van der Waals surface area contributed by atoms with Crippen molar-refractivity contribution in [1.29, 1.82) is 0 Å². The number of fused-ring (bicyclic) bond motifs is 1. The predicted molar refractivity (Wildman–Crippen MR) is 63.0 cm³/mol. The standard InChI is InChI=1S/C13H24N2/c1-2-8-15-9-3-7-14(10-12-5-6-12)11-13(15)4-1/h12-13H,1-11H2. The van der Waals surface area contributed by atoms with Crippen LogP contribution in [0.2, 0.25) is 0 Å². The van der Waals surface area contributed by atoms with Crippen LogP contribution in [0.25, 0.3) is 0 Å². The second-order valence-electron chi connectivity index (χ2n) is 5.74. The van der Waals surface area contributed by atoms with Crippen molar-refractivity contribution in [2.24, 2.45) is 5.92 Å². The van der Waals surface area contributed by atoms with Crippen LogP contribution < -0.4 is 0 Å². The normalized spacial score (nSPS) is 34.8. The molecule has 2 saturated heterocycles. The van der Waals surface area contributed by atoms with Gasteiger partial charge >= 0.3 is 0 Å². The fourth-order valence-electron chi connectivity index (χ4n) is 3.28. The Labute approximate surface area is 93.6 Å². The van der Waals surface area contributed by atoms with Gasteiger partial charge in [-0.25, -0.2) is 0 Å². The van der Waals surface area contributed by atoms with Gasteiger partial charge in [-0.3, -0.25) is 4.90 Å². The van der Waals surface area contributed by atoms with Gasteiger partial charge in [-0.15, -0.1) is 0 Å². The van der Waals surface area contributed by atoms with E-state index in [1.54, 1.807) is 0 Å². The number of hydrogen-bond donors (Lipinski definition) is 0. The second kappa shape index (κ2) is 4.42.